The van der Waals surface area contributed by atoms with E-state index in [1.54, 1.807) is 0 Å². The van der Waals surface area contributed by atoms with Gasteiger partial charge in [0, 0.05) is 20.4 Å². The van der Waals surface area contributed by atoms with Crippen LogP contribution in [-0.4, -0.2) is 5.09 Å². The first-order valence-electron chi connectivity index (χ1n) is 0.548. The quantitative estimate of drug-likeness (QED) is 0.264. The molecule has 0 rings (SSSR count). The van der Waals surface area contributed by atoms with Crippen LogP contribution in [0.25, 0.3) is 0 Å². The molecule has 0 radical (unpaired) electrons. The Morgan fingerprint density at radius 2 is 0.889 bits per heavy atom. The molecule has 0 aliphatic heterocycles. The van der Waals surface area contributed by atoms with Gasteiger partial charge in [0.15, 0.2) is 0 Å². The molecule has 0 aromatic heterocycles. The van der Waals surface area contributed by atoms with Crippen LogP contribution in [0.4, 0.5) is 0 Å². The van der Waals surface area contributed by atoms with E-state index in [4.69, 9.17) is 15.3 Å². The predicted molar refractivity (Wildman–Crippen MR) is 30.4 cm³/mol. The van der Waals surface area contributed by atoms with E-state index in [2.05, 4.69) is 0 Å². The molecule has 0 aliphatic carbocycles. The second kappa shape index (κ2) is 47.4. The molecule has 0 bridgehead atoms. The van der Waals surface area contributed by atoms with Crippen LogP contribution in [0.15, 0.2) is 0 Å². The van der Waals surface area contributed by atoms with Gasteiger partial charge in [-0.1, -0.05) is 0 Å². The van der Waals surface area contributed by atoms with Crippen LogP contribution in [0.1, 0.15) is 0 Å². The minimum atomic E-state index is -1.75. The SMILES string of the molecule is N.N.N.N.O=[N+]([O-])[O-].[Pd]. The number of hydrogen-bond acceptors (Lipinski definition) is 7. The Balaban J connectivity index is -0.00000000450. The van der Waals surface area contributed by atoms with Crippen LogP contribution in [0.5, 0.6) is 0 Å². The van der Waals surface area contributed by atoms with E-state index < -0.39 is 5.09 Å². The molecule has 0 amide bonds. The van der Waals surface area contributed by atoms with Crippen molar-refractivity contribution >= 4 is 0 Å². The van der Waals surface area contributed by atoms with Gasteiger partial charge in [-0.3, -0.25) is 0 Å². The van der Waals surface area contributed by atoms with Crippen molar-refractivity contribution in [3.8, 4) is 0 Å². The Morgan fingerprint density at radius 3 is 0.889 bits per heavy atom. The van der Waals surface area contributed by atoms with E-state index in [1.165, 1.54) is 0 Å². The van der Waals surface area contributed by atoms with Crippen LogP contribution in [-0.2, 0) is 20.4 Å². The average Bonchev–Trinajstić information content (AvgIpc) is 0.811. The normalized spacial score (nSPS) is 2.67. The van der Waals surface area contributed by atoms with Crippen molar-refractivity contribution in [3.05, 3.63) is 15.3 Å². The molecule has 0 fully saturated rings. The maximum absolute atomic E-state index is 8.25. The Labute approximate surface area is 66.1 Å². The summed E-state index contributed by atoms with van der Waals surface area (Å²) in [5.74, 6) is 0. The van der Waals surface area contributed by atoms with E-state index in [-0.39, 0.29) is 45.0 Å². The van der Waals surface area contributed by atoms with Gasteiger partial charge in [-0.15, -0.1) is 0 Å². The molecule has 0 unspecified atom stereocenters. The first-order chi connectivity index (χ1) is 1.73. The van der Waals surface area contributed by atoms with Gasteiger partial charge in [-0.05, 0) is 0 Å². The maximum atomic E-state index is 8.25. The summed E-state index contributed by atoms with van der Waals surface area (Å²) in [6.07, 6.45) is 0. The Bertz CT molecular complexity index is 35.2. The van der Waals surface area contributed by atoms with E-state index in [0.717, 1.165) is 0 Å². The van der Waals surface area contributed by atoms with Gasteiger partial charge in [0.2, 0.25) is 0 Å². The zero-order valence-electron chi connectivity index (χ0n) is 4.82. The van der Waals surface area contributed by atoms with Gasteiger partial charge < -0.3 is 39.9 Å². The third-order valence-electron chi connectivity index (χ3n) is 0. The van der Waals surface area contributed by atoms with Gasteiger partial charge in [0.1, 0.15) is 0 Å². The first-order valence-corrected chi connectivity index (χ1v) is 0.548. The van der Waals surface area contributed by atoms with Crippen molar-refractivity contribution in [2.45, 2.75) is 0 Å². The van der Waals surface area contributed by atoms with Crippen LogP contribution in [0.3, 0.4) is 0 Å². The Morgan fingerprint density at radius 1 is 0.889 bits per heavy atom. The molecule has 0 aromatic carbocycles. The molecular formula is H12N5O3Pd-. The maximum Gasteiger partial charge on any atom is 0.0689 e. The van der Waals surface area contributed by atoms with Crippen molar-refractivity contribution in [1.82, 2.24) is 24.6 Å². The summed E-state index contributed by atoms with van der Waals surface area (Å²) in [5.41, 5.74) is 0. The molecule has 0 saturated carbocycles. The summed E-state index contributed by atoms with van der Waals surface area (Å²) in [6, 6.07) is 0. The smallest absolute Gasteiger partial charge is 0.0689 e. The molecule has 9 heavy (non-hydrogen) atoms. The molecule has 0 saturated heterocycles. The van der Waals surface area contributed by atoms with E-state index >= 15 is 0 Å². The number of hydrogen-bond donors (Lipinski definition) is 4. The Kier molecular flexibility index (Phi) is 372. The zero-order chi connectivity index (χ0) is 3.58. The fourth-order valence-corrected chi connectivity index (χ4v) is 0. The van der Waals surface area contributed by atoms with Crippen molar-refractivity contribution in [1.29, 1.82) is 0 Å². The summed E-state index contributed by atoms with van der Waals surface area (Å²) in [7, 11) is 0. The Hall–Kier alpha value is -0.298. The molecule has 0 aromatic rings. The standard InChI is InChI=1S/NO3.4H3N.Pd/c2-1(3)4;;;;;/h;4*1H3;/q-1;;;;;. The van der Waals surface area contributed by atoms with Crippen LogP contribution < -0.4 is 24.6 Å². The molecule has 8 nitrogen and oxygen atoms in total. The summed E-state index contributed by atoms with van der Waals surface area (Å²) in [6.45, 7) is 0. The molecule has 0 atom stereocenters. The van der Waals surface area contributed by atoms with Crippen molar-refractivity contribution < 1.29 is 25.5 Å². The van der Waals surface area contributed by atoms with Crippen LogP contribution in [0, 0.1) is 15.3 Å². The van der Waals surface area contributed by atoms with Gasteiger partial charge in [-0.25, -0.2) is 0 Å². The van der Waals surface area contributed by atoms with E-state index in [9.17, 15) is 0 Å². The molecule has 9 heteroatoms. The van der Waals surface area contributed by atoms with Gasteiger partial charge in [-0.2, -0.15) is 0 Å². The molecule has 0 aliphatic rings. The van der Waals surface area contributed by atoms with Crippen LogP contribution >= 0.6 is 0 Å². The largest absolute Gasteiger partial charge is 0.356 e. The van der Waals surface area contributed by atoms with Gasteiger partial charge in [0.05, 0.1) is 5.09 Å². The van der Waals surface area contributed by atoms with E-state index in [1.807, 2.05) is 0 Å². The van der Waals surface area contributed by atoms with Gasteiger partial charge >= 0.3 is 0 Å². The third-order valence-corrected chi connectivity index (χ3v) is 0. The number of rotatable bonds is 0. The average molecular weight is 237 g/mol. The molecular weight excluding hydrogens is 224 g/mol. The molecule has 0 heterocycles. The summed E-state index contributed by atoms with van der Waals surface area (Å²) in [5, 5.41) is 14.8. The predicted octanol–water partition coefficient (Wildman–Crippen LogP) is 0.406. The first kappa shape index (κ1) is 70.7. The van der Waals surface area contributed by atoms with E-state index in [0.29, 0.717) is 0 Å². The molecule has 66 valence electrons. The monoisotopic (exact) mass is 236 g/mol. The fraction of sp³-hybridized carbons (Fsp3) is 0. The molecule has 12 N–H and O–H groups in total. The van der Waals surface area contributed by atoms with Crippen molar-refractivity contribution in [3.63, 3.8) is 0 Å². The molecule has 0 spiro atoms. The second-order valence-electron chi connectivity index (χ2n) is 0.224. The van der Waals surface area contributed by atoms with Crippen molar-refractivity contribution in [2.75, 3.05) is 0 Å². The summed E-state index contributed by atoms with van der Waals surface area (Å²) >= 11 is 0. The minimum absolute atomic E-state index is 0. The van der Waals surface area contributed by atoms with Crippen molar-refractivity contribution in [2.24, 2.45) is 0 Å². The zero-order valence-corrected chi connectivity index (χ0v) is 6.37. The third kappa shape index (κ3) is 2830. The minimum Gasteiger partial charge on any atom is -0.356 e. The topological polar surface area (TPSA) is 206 Å². The number of nitrogens with zero attached hydrogens (tertiary/aromatic N) is 1. The van der Waals surface area contributed by atoms with Crippen LogP contribution in [0.2, 0.25) is 0 Å². The fourth-order valence-electron chi connectivity index (χ4n) is 0. The second-order valence-corrected chi connectivity index (χ2v) is 0.224. The summed E-state index contributed by atoms with van der Waals surface area (Å²) < 4.78 is 0. The summed E-state index contributed by atoms with van der Waals surface area (Å²) in [4.78, 5) is 8.25. The van der Waals surface area contributed by atoms with Gasteiger partial charge in [0.25, 0.3) is 0 Å².